The number of fused-ring (bicyclic) bond motifs is 7. The van der Waals surface area contributed by atoms with E-state index in [4.69, 9.17) is 42.1 Å². The second-order valence-electron chi connectivity index (χ2n) is 24.4. The van der Waals surface area contributed by atoms with Crippen molar-refractivity contribution in [1.29, 1.82) is 0 Å². The maximum Gasteiger partial charge on any atom is 0.327 e. The van der Waals surface area contributed by atoms with E-state index in [9.17, 15) is 18.6 Å². The van der Waals surface area contributed by atoms with Crippen LogP contribution in [0.1, 0.15) is 158 Å². The number of hydrogen-bond donors (Lipinski definition) is 2. The Hall–Kier alpha value is -4.91. The fourth-order valence-corrected chi connectivity index (χ4v) is 17.4. The number of urea groups is 1. The molecule has 4 aliphatic heterocycles. The second-order valence-corrected chi connectivity index (χ2v) is 28.6. The highest BCUT2D eigenvalue weighted by atomic mass is 35.5. The molecule has 2 fully saturated rings. The van der Waals surface area contributed by atoms with E-state index in [-0.39, 0.29) is 41.4 Å². The third-order valence-electron chi connectivity index (χ3n) is 19.3. The van der Waals surface area contributed by atoms with E-state index in [2.05, 4.69) is 46.8 Å². The Morgan fingerprint density at radius 3 is 2.13 bits per heavy atom. The van der Waals surface area contributed by atoms with Gasteiger partial charge < -0.3 is 42.6 Å². The largest absolute Gasteiger partial charge is 0.491 e. The van der Waals surface area contributed by atoms with Gasteiger partial charge in [-0.15, -0.1) is 4.36 Å². The molecule has 19 heteroatoms. The lowest BCUT2D eigenvalue weighted by Gasteiger charge is -2.46. The van der Waals surface area contributed by atoms with Gasteiger partial charge in [0.2, 0.25) is 0 Å². The lowest BCUT2D eigenvalue weighted by atomic mass is 9.68. The summed E-state index contributed by atoms with van der Waals surface area (Å²) in [6, 6.07) is 22.4. The molecule has 0 radical (unpaired) electrons. The molecular formula is C64H81Cl2N6O9S2-. The highest BCUT2D eigenvalue weighted by Gasteiger charge is 2.45. The molecule has 2 saturated carbocycles. The number of benzene rings is 4. The van der Waals surface area contributed by atoms with Gasteiger partial charge in [-0.3, -0.25) is 14.3 Å². The second kappa shape index (κ2) is 26.8. The normalized spacial score (nSPS) is 29.1. The monoisotopic (exact) mass is 1210 g/mol. The van der Waals surface area contributed by atoms with Crippen LogP contribution in [0, 0.1) is 23.7 Å². The molecule has 0 aromatic heterocycles. The Kier molecular flexibility index (Phi) is 19.3. The number of hydrogen-bond acceptors (Lipinski definition) is 12. The lowest BCUT2D eigenvalue weighted by Crippen LogP contribution is -2.49. The van der Waals surface area contributed by atoms with Crippen molar-refractivity contribution in [2.45, 2.75) is 146 Å². The number of aryl methyl sites for hydroxylation is 1. The summed E-state index contributed by atoms with van der Waals surface area (Å²) in [5.41, 5.74) is 6.56. The molecule has 4 heterocycles. The number of ether oxygens (including phenoxy) is 4. The number of amides is 4. The zero-order chi connectivity index (χ0) is 57.7. The van der Waals surface area contributed by atoms with Crippen LogP contribution in [0.3, 0.4) is 0 Å². The van der Waals surface area contributed by atoms with Crippen molar-refractivity contribution in [2.24, 2.45) is 32.4 Å². The van der Waals surface area contributed by atoms with Crippen molar-refractivity contribution in [3.8, 4) is 11.5 Å². The zero-order valence-corrected chi connectivity index (χ0v) is 51.2. The minimum Gasteiger partial charge on any atom is -0.491 e. The number of halogens is 2. The van der Waals surface area contributed by atoms with Gasteiger partial charge in [0.25, 0.3) is 11.8 Å². The van der Waals surface area contributed by atoms with E-state index in [0.29, 0.717) is 110 Å². The fraction of sp³-hybridized carbons (Fsp3) is 0.578. The number of carbonyl (C=O) groups is 3. The molecule has 4 bridgehead atoms. The quantitative estimate of drug-likeness (QED) is 0.176. The van der Waals surface area contributed by atoms with Crippen molar-refractivity contribution in [2.75, 3.05) is 74.9 Å². The summed E-state index contributed by atoms with van der Waals surface area (Å²) in [5.74, 6) is 1.96. The van der Waals surface area contributed by atoms with Crippen molar-refractivity contribution >= 4 is 72.9 Å². The molecule has 15 nitrogen and oxygen atoms in total. The predicted molar refractivity (Wildman–Crippen MR) is 328 cm³/mol. The van der Waals surface area contributed by atoms with Gasteiger partial charge in [-0.2, -0.15) is 10.6 Å². The van der Waals surface area contributed by atoms with E-state index in [0.717, 1.165) is 124 Å². The van der Waals surface area contributed by atoms with Gasteiger partial charge in [-0.25, -0.2) is 9.00 Å². The summed E-state index contributed by atoms with van der Waals surface area (Å²) in [7, 11) is -1.62. The first-order valence-electron chi connectivity index (χ1n) is 30.4. The zero-order valence-electron chi connectivity index (χ0n) is 48.1. The molecule has 0 saturated heterocycles. The molecule has 2 unspecified atom stereocenters. The average molecular weight is 1210 g/mol. The van der Waals surface area contributed by atoms with Crippen LogP contribution in [0.2, 0.25) is 10.0 Å². The summed E-state index contributed by atoms with van der Waals surface area (Å²) >= 11 is 13.4. The topological polar surface area (TPSA) is 178 Å². The van der Waals surface area contributed by atoms with Gasteiger partial charge in [0.15, 0.2) is 0 Å². The molecule has 11 rings (SSSR count). The van der Waals surface area contributed by atoms with Gasteiger partial charge >= 0.3 is 6.03 Å². The highest BCUT2D eigenvalue weighted by Crippen LogP contribution is 2.48. The van der Waals surface area contributed by atoms with Crippen LogP contribution >= 0.6 is 23.2 Å². The first-order valence-corrected chi connectivity index (χ1v) is 34.1. The fourth-order valence-electron chi connectivity index (χ4n) is 14.6. The van der Waals surface area contributed by atoms with Crippen molar-refractivity contribution in [3.63, 3.8) is 0 Å². The maximum atomic E-state index is 15.1. The molecule has 7 aliphatic rings. The smallest absolute Gasteiger partial charge is 0.327 e. The maximum absolute atomic E-state index is 15.1. The Morgan fingerprint density at radius 1 is 0.735 bits per heavy atom. The third kappa shape index (κ3) is 13.9. The van der Waals surface area contributed by atoms with E-state index in [1.165, 1.54) is 11.1 Å². The van der Waals surface area contributed by atoms with Crippen molar-refractivity contribution in [3.05, 3.63) is 116 Å². The number of anilines is 2. The first-order chi connectivity index (χ1) is 40.3. The SMILES string of the molecule is CO[C@H]1CCCCC[S-](=O)=NC(=O)c2ccc3c(c2)N(Cc2ccc(Cl)cc2C(CCNC(=O)NS2(=O)=NC(=O)c4ccc5c(c4)N(C[C@@H]4CC[C@H]4[C@@H](OC)CCCCC2)C[C@@]2(CCCc4cc(Cl)ccc42)CO5)CCCO3)C[C@@H]2CC[C@H]21. The van der Waals surface area contributed by atoms with Gasteiger partial charge in [0, 0.05) is 73.5 Å². The predicted octanol–water partition coefficient (Wildman–Crippen LogP) is 13.2. The number of carbonyl (C=O) groups excluding carboxylic acids is 3. The average Bonchev–Trinajstić information content (AvgIpc) is 2.68. The molecule has 83 heavy (non-hydrogen) atoms. The van der Waals surface area contributed by atoms with Gasteiger partial charge in [-0.1, -0.05) is 73.2 Å². The molecule has 2 N–H and O–H groups in total. The first kappa shape index (κ1) is 59.8. The molecule has 4 amide bonds. The Morgan fingerprint density at radius 2 is 1.41 bits per heavy atom. The molecule has 4 aromatic rings. The summed E-state index contributed by atoms with van der Waals surface area (Å²) < 4.78 is 65.0. The standard InChI is InChI=1S/C64H81Cl2N6O9S2/c1-78-57-13-5-3-7-31-82(76)68-61(73)44-18-25-59-55(34-44)71(37-46-16-22-51(46)57)38-48-15-20-50(66)36-53(48)42(12-10-30-80-59)27-29-67-63(75)70-83(77)32-8-4-6-14-58(79-2)52-23-17-47(52)39-72-40-64(28-9-11-43-33-49(65)21-24-54(43)64)41-81-60-26-19-45(35-56(60)72)62(74)69-83/h15,18-21,24-26,33-36,42,46-47,51-52,57-58H,3-14,16-17,22-23,27-32,37-41H2,1-2H3,(H2,67,69,70,74,75,77)/q-1/t42?,46-,47-,51+,52+,57-,58-,64-,83?/m0/s1. The highest BCUT2D eigenvalue weighted by molar-refractivity contribution is 7.92. The van der Waals surface area contributed by atoms with Crippen LogP contribution in [0.15, 0.2) is 81.5 Å². The summed E-state index contributed by atoms with van der Waals surface area (Å²) in [4.78, 5) is 46.9. The van der Waals surface area contributed by atoms with E-state index >= 15 is 4.21 Å². The van der Waals surface area contributed by atoms with E-state index < -0.39 is 38.4 Å². The Labute approximate surface area is 502 Å². The molecule has 448 valence electrons. The number of nitrogens with zero attached hydrogens (tertiary/aromatic N) is 4. The molecular weight excluding hydrogens is 1130 g/mol. The van der Waals surface area contributed by atoms with Crippen LogP contribution in [0.5, 0.6) is 11.5 Å². The van der Waals surface area contributed by atoms with Gasteiger partial charge in [0.05, 0.1) is 42.5 Å². The molecule has 4 aromatic carbocycles. The van der Waals surface area contributed by atoms with Gasteiger partial charge in [-0.05, 0) is 196 Å². The van der Waals surface area contributed by atoms with E-state index in [1.807, 2.05) is 49.6 Å². The van der Waals surface area contributed by atoms with Crippen molar-refractivity contribution < 1.29 is 41.7 Å². The van der Waals surface area contributed by atoms with Crippen molar-refractivity contribution in [1.82, 2.24) is 10.0 Å². The number of methoxy groups -OCH3 is 2. The Balaban J connectivity index is 0.836. The summed E-state index contributed by atoms with van der Waals surface area (Å²) in [6.45, 7) is 3.77. The Bertz CT molecular complexity index is 3260. The molecule has 9 atom stereocenters. The van der Waals surface area contributed by atoms with Crippen LogP contribution in [0.25, 0.3) is 0 Å². The number of rotatable bonds is 6. The minimum atomic E-state index is -3.61. The summed E-state index contributed by atoms with van der Waals surface area (Å²) in [6.07, 6.45) is 15.7. The van der Waals surface area contributed by atoms with Crippen LogP contribution in [-0.4, -0.2) is 99.4 Å². The molecule has 3 aliphatic carbocycles. The van der Waals surface area contributed by atoms with Gasteiger partial charge in [0.1, 0.15) is 21.4 Å². The molecule has 1 spiro atoms. The summed E-state index contributed by atoms with van der Waals surface area (Å²) in [5, 5.41) is 4.33. The third-order valence-corrected chi connectivity index (χ3v) is 22.6. The van der Waals surface area contributed by atoms with Crippen LogP contribution in [-0.2, 0) is 52.6 Å². The van der Waals surface area contributed by atoms with Crippen LogP contribution < -0.4 is 29.3 Å². The lowest BCUT2D eigenvalue weighted by molar-refractivity contribution is -0.0220. The van der Waals surface area contributed by atoms with E-state index in [1.54, 1.807) is 19.2 Å². The number of nitrogens with one attached hydrogen (secondary N) is 2. The van der Waals surface area contributed by atoms with Crippen LogP contribution in [0.4, 0.5) is 16.2 Å². The minimum absolute atomic E-state index is 0.00697.